The van der Waals surface area contributed by atoms with Crippen molar-refractivity contribution >= 4 is 49.6 Å². The lowest BCUT2D eigenvalue weighted by molar-refractivity contribution is 1.18. The molecule has 0 saturated carbocycles. The molecule has 1 heterocycles. The molecule has 0 saturated heterocycles. The lowest BCUT2D eigenvalue weighted by Gasteiger charge is -2.26. The molecule has 10 aromatic rings. The summed E-state index contributed by atoms with van der Waals surface area (Å²) in [5, 5.41) is 5.13. The van der Waals surface area contributed by atoms with Crippen LogP contribution >= 0.6 is 0 Å². The Morgan fingerprint density at radius 1 is 0.296 bits per heavy atom. The minimum Gasteiger partial charge on any atom is -0.311 e. The van der Waals surface area contributed by atoms with Crippen molar-refractivity contribution in [2.24, 2.45) is 0 Å². The van der Waals surface area contributed by atoms with Gasteiger partial charge in [-0.15, -0.1) is 0 Å². The van der Waals surface area contributed by atoms with E-state index in [0.717, 1.165) is 22.7 Å². The molecule has 0 N–H and O–H groups in total. The maximum absolute atomic E-state index is 2.40. The number of benzene rings is 9. The fraction of sp³-hybridized carbons (Fsp3) is 0. The molecule has 54 heavy (non-hydrogen) atoms. The number of rotatable bonds is 7. The Morgan fingerprint density at radius 2 is 0.778 bits per heavy atom. The largest absolute Gasteiger partial charge is 0.311 e. The predicted octanol–water partition coefficient (Wildman–Crippen LogP) is 14.4. The van der Waals surface area contributed by atoms with Crippen molar-refractivity contribution in [1.29, 1.82) is 0 Å². The Morgan fingerprint density at radius 3 is 1.44 bits per heavy atom. The Hall–Kier alpha value is -7.16. The molecule has 1 aromatic heterocycles. The van der Waals surface area contributed by atoms with Crippen LogP contribution in [0, 0.1) is 0 Å². The lowest BCUT2D eigenvalue weighted by Crippen LogP contribution is -2.09. The third-order valence-corrected chi connectivity index (χ3v) is 10.6. The molecule has 9 aromatic carbocycles. The Balaban J connectivity index is 0.998. The highest BCUT2D eigenvalue weighted by Crippen LogP contribution is 2.40. The molecule has 0 unspecified atom stereocenters. The summed E-state index contributed by atoms with van der Waals surface area (Å²) in [6.45, 7) is 0. The van der Waals surface area contributed by atoms with Gasteiger partial charge >= 0.3 is 0 Å². The van der Waals surface area contributed by atoms with Gasteiger partial charge in [0.15, 0.2) is 0 Å². The van der Waals surface area contributed by atoms with Crippen molar-refractivity contribution in [3.63, 3.8) is 0 Å². The number of nitrogens with zero attached hydrogens (tertiary/aromatic N) is 2. The third-order valence-electron chi connectivity index (χ3n) is 10.6. The number of anilines is 3. The molecule has 10 rings (SSSR count). The summed E-state index contributed by atoms with van der Waals surface area (Å²) in [5.74, 6) is 0. The van der Waals surface area contributed by atoms with Crippen molar-refractivity contribution in [3.8, 4) is 39.1 Å². The van der Waals surface area contributed by atoms with E-state index in [4.69, 9.17) is 0 Å². The zero-order valence-electron chi connectivity index (χ0n) is 29.7. The maximum Gasteiger partial charge on any atom is 0.0547 e. The predicted molar refractivity (Wildman–Crippen MR) is 229 cm³/mol. The van der Waals surface area contributed by atoms with Crippen LogP contribution in [0.25, 0.3) is 71.6 Å². The number of hydrogen-bond acceptors (Lipinski definition) is 1. The first kappa shape index (κ1) is 31.6. The Kier molecular flexibility index (Phi) is 7.85. The summed E-state index contributed by atoms with van der Waals surface area (Å²) in [7, 11) is 0. The SMILES string of the molecule is c1ccc(-c2ccc(N(c3ccccc3)c3ccc(-c4ccccc4-c4ccc(-n5c6ccccc6c6c7ccccc7ccc65)cc4)cc3)cc2)cc1. The molecule has 0 radical (unpaired) electrons. The van der Waals surface area contributed by atoms with Gasteiger partial charge in [-0.3, -0.25) is 0 Å². The van der Waals surface area contributed by atoms with E-state index < -0.39 is 0 Å². The highest BCUT2D eigenvalue weighted by Gasteiger charge is 2.16. The van der Waals surface area contributed by atoms with Crippen LogP contribution in [0.5, 0.6) is 0 Å². The standard InChI is InChI=1S/C52H36N2/c1-3-13-37(14-4-1)38-23-30-43(31-24-38)53(42-16-5-2-6-17-42)44-32-25-40(26-33-44)46-18-9-10-19-47(46)41-27-34-45(35-28-41)54-50-22-12-11-21-49(50)52-48-20-8-7-15-39(48)29-36-51(52)54/h1-36H. The molecule has 0 amide bonds. The van der Waals surface area contributed by atoms with E-state index in [0.29, 0.717) is 0 Å². The molecule has 0 atom stereocenters. The van der Waals surface area contributed by atoms with Crippen LogP contribution in [0.15, 0.2) is 218 Å². The van der Waals surface area contributed by atoms with Gasteiger partial charge in [0, 0.05) is 33.5 Å². The first-order valence-corrected chi connectivity index (χ1v) is 18.5. The summed E-state index contributed by atoms with van der Waals surface area (Å²) in [6.07, 6.45) is 0. The summed E-state index contributed by atoms with van der Waals surface area (Å²) >= 11 is 0. The van der Waals surface area contributed by atoms with Crippen molar-refractivity contribution in [1.82, 2.24) is 4.57 Å². The van der Waals surface area contributed by atoms with Gasteiger partial charge < -0.3 is 9.47 Å². The summed E-state index contributed by atoms with van der Waals surface area (Å²) < 4.78 is 2.40. The minimum atomic E-state index is 1.11. The molecule has 0 aliphatic carbocycles. The van der Waals surface area contributed by atoms with Crippen molar-refractivity contribution in [2.75, 3.05) is 4.90 Å². The van der Waals surface area contributed by atoms with Crippen LogP contribution in [-0.2, 0) is 0 Å². The Labute approximate surface area is 315 Å². The molecule has 0 fully saturated rings. The van der Waals surface area contributed by atoms with Crippen molar-refractivity contribution in [2.45, 2.75) is 0 Å². The number of aromatic nitrogens is 1. The summed E-state index contributed by atoms with van der Waals surface area (Å²) in [6, 6.07) is 78.7. The van der Waals surface area contributed by atoms with E-state index in [1.165, 1.54) is 66.0 Å². The molecular formula is C52H36N2. The van der Waals surface area contributed by atoms with E-state index >= 15 is 0 Å². The molecular weight excluding hydrogens is 653 g/mol. The fourth-order valence-electron chi connectivity index (χ4n) is 8.04. The second-order valence-corrected chi connectivity index (χ2v) is 13.8. The smallest absolute Gasteiger partial charge is 0.0547 e. The third kappa shape index (κ3) is 5.53. The number of fused-ring (bicyclic) bond motifs is 5. The first-order valence-electron chi connectivity index (χ1n) is 18.5. The molecule has 254 valence electrons. The topological polar surface area (TPSA) is 8.17 Å². The molecule has 0 aliphatic heterocycles. The maximum atomic E-state index is 2.40. The number of para-hydroxylation sites is 2. The van der Waals surface area contributed by atoms with Gasteiger partial charge in [0.2, 0.25) is 0 Å². The van der Waals surface area contributed by atoms with Crippen LogP contribution in [0.2, 0.25) is 0 Å². The van der Waals surface area contributed by atoms with Gasteiger partial charge in [0.25, 0.3) is 0 Å². The quantitative estimate of drug-likeness (QED) is 0.162. The van der Waals surface area contributed by atoms with E-state index in [2.05, 4.69) is 228 Å². The van der Waals surface area contributed by atoms with Crippen LogP contribution in [0.4, 0.5) is 17.1 Å². The summed E-state index contributed by atoms with van der Waals surface area (Å²) in [5.41, 5.74) is 14.1. The van der Waals surface area contributed by atoms with Crippen LogP contribution in [0.1, 0.15) is 0 Å². The van der Waals surface area contributed by atoms with E-state index in [-0.39, 0.29) is 0 Å². The monoisotopic (exact) mass is 688 g/mol. The van der Waals surface area contributed by atoms with Gasteiger partial charge in [0.1, 0.15) is 0 Å². The van der Waals surface area contributed by atoms with Gasteiger partial charge in [-0.05, 0) is 105 Å². The summed E-state index contributed by atoms with van der Waals surface area (Å²) in [4.78, 5) is 2.32. The molecule has 2 heteroatoms. The van der Waals surface area contributed by atoms with E-state index in [1.807, 2.05) is 0 Å². The average Bonchev–Trinajstić information content (AvgIpc) is 3.60. The van der Waals surface area contributed by atoms with E-state index in [1.54, 1.807) is 0 Å². The zero-order chi connectivity index (χ0) is 35.8. The lowest BCUT2D eigenvalue weighted by atomic mass is 9.94. The van der Waals surface area contributed by atoms with Crippen LogP contribution in [0.3, 0.4) is 0 Å². The number of hydrogen-bond donors (Lipinski definition) is 0. The van der Waals surface area contributed by atoms with Gasteiger partial charge in [0.05, 0.1) is 11.0 Å². The molecule has 0 aliphatic rings. The van der Waals surface area contributed by atoms with E-state index in [9.17, 15) is 0 Å². The Bertz CT molecular complexity index is 2890. The normalized spacial score (nSPS) is 11.3. The van der Waals surface area contributed by atoms with Gasteiger partial charge in [-0.2, -0.15) is 0 Å². The zero-order valence-corrected chi connectivity index (χ0v) is 29.7. The second kappa shape index (κ2) is 13.4. The molecule has 0 spiro atoms. The first-order chi connectivity index (χ1) is 26.8. The average molecular weight is 689 g/mol. The van der Waals surface area contributed by atoms with Crippen molar-refractivity contribution in [3.05, 3.63) is 218 Å². The highest BCUT2D eigenvalue weighted by atomic mass is 15.1. The molecule has 2 nitrogen and oxygen atoms in total. The van der Waals surface area contributed by atoms with Gasteiger partial charge in [-0.25, -0.2) is 0 Å². The fourth-order valence-corrected chi connectivity index (χ4v) is 8.04. The second-order valence-electron chi connectivity index (χ2n) is 13.8. The molecule has 0 bridgehead atoms. The minimum absolute atomic E-state index is 1.11. The van der Waals surface area contributed by atoms with Crippen molar-refractivity contribution < 1.29 is 0 Å². The highest BCUT2D eigenvalue weighted by molar-refractivity contribution is 6.21. The van der Waals surface area contributed by atoms with Gasteiger partial charge in [-0.1, -0.05) is 158 Å². The van der Waals surface area contributed by atoms with Crippen LogP contribution < -0.4 is 4.90 Å². The van der Waals surface area contributed by atoms with Crippen LogP contribution in [-0.4, -0.2) is 4.57 Å².